The normalized spacial score (nSPS) is 31.1. The van der Waals surface area contributed by atoms with E-state index in [-0.39, 0.29) is 18.6 Å². The summed E-state index contributed by atoms with van der Waals surface area (Å²) in [6.45, 7) is -0.156. The first-order valence-electron chi connectivity index (χ1n) is 6.17. The Morgan fingerprint density at radius 1 is 1.32 bits per heavy atom. The van der Waals surface area contributed by atoms with Crippen LogP contribution >= 0.6 is 0 Å². The van der Waals surface area contributed by atoms with Gasteiger partial charge in [0.15, 0.2) is 5.65 Å². The van der Waals surface area contributed by atoms with Crippen LogP contribution in [-0.4, -0.2) is 48.7 Å². The molecule has 3 rings (SSSR count). The van der Waals surface area contributed by atoms with Crippen molar-refractivity contribution in [3.8, 4) is 0 Å². The Morgan fingerprint density at radius 2 is 2.11 bits per heavy atom. The van der Waals surface area contributed by atoms with Crippen LogP contribution in [0.2, 0.25) is 0 Å². The Morgan fingerprint density at radius 3 is 2.79 bits per heavy atom. The van der Waals surface area contributed by atoms with E-state index >= 15 is 0 Å². The molecular formula is C12H16N4O3. The molecule has 5 N–H and O–H groups in total. The smallest absolute Gasteiger partial charge is 0.162 e. The SMILES string of the molecule is Nc1ccnc2c1ncn2[C@@H]1C[C@H](CO)[C@@H](O)[C@H]1O. The van der Waals surface area contributed by atoms with Gasteiger partial charge in [0.1, 0.15) is 11.6 Å². The zero-order chi connectivity index (χ0) is 13.6. The van der Waals surface area contributed by atoms with E-state index in [1.54, 1.807) is 23.2 Å². The number of nitrogens with two attached hydrogens (primary N) is 1. The number of imidazole rings is 1. The molecule has 0 unspecified atom stereocenters. The van der Waals surface area contributed by atoms with Gasteiger partial charge in [-0.3, -0.25) is 0 Å². The molecule has 0 aliphatic heterocycles. The number of pyridine rings is 1. The predicted octanol–water partition coefficient (Wildman–Crippen LogP) is -0.711. The number of hydrogen-bond donors (Lipinski definition) is 4. The lowest BCUT2D eigenvalue weighted by Crippen LogP contribution is -2.30. The molecule has 1 saturated carbocycles. The molecule has 19 heavy (non-hydrogen) atoms. The highest BCUT2D eigenvalue weighted by atomic mass is 16.3. The number of aromatic nitrogens is 3. The fraction of sp³-hybridized carbons (Fsp3) is 0.500. The zero-order valence-corrected chi connectivity index (χ0v) is 10.2. The summed E-state index contributed by atoms with van der Waals surface area (Å²) in [4.78, 5) is 8.42. The van der Waals surface area contributed by atoms with E-state index in [9.17, 15) is 15.3 Å². The van der Waals surface area contributed by atoms with E-state index in [1.807, 2.05) is 0 Å². The van der Waals surface area contributed by atoms with Crippen LogP contribution < -0.4 is 5.73 Å². The third-order valence-electron chi connectivity index (χ3n) is 3.86. The van der Waals surface area contributed by atoms with Gasteiger partial charge in [-0.2, -0.15) is 0 Å². The average Bonchev–Trinajstić information content (AvgIpc) is 2.94. The van der Waals surface area contributed by atoms with Crippen molar-refractivity contribution in [2.45, 2.75) is 24.7 Å². The van der Waals surface area contributed by atoms with Gasteiger partial charge in [0.25, 0.3) is 0 Å². The Balaban J connectivity index is 2.04. The van der Waals surface area contributed by atoms with Gasteiger partial charge in [-0.1, -0.05) is 0 Å². The highest BCUT2D eigenvalue weighted by Crippen LogP contribution is 2.36. The van der Waals surface area contributed by atoms with Crippen molar-refractivity contribution < 1.29 is 15.3 Å². The molecule has 0 saturated heterocycles. The minimum Gasteiger partial charge on any atom is -0.397 e. The maximum absolute atomic E-state index is 10.1. The van der Waals surface area contributed by atoms with Gasteiger partial charge in [-0.15, -0.1) is 0 Å². The van der Waals surface area contributed by atoms with E-state index in [0.29, 0.717) is 23.3 Å². The lowest BCUT2D eigenvalue weighted by Gasteiger charge is -2.18. The second-order valence-corrected chi connectivity index (χ2v) is 4.95. The molecule has 0 spiro atoms. The van der Waals surface area contributed by atoms with Crippen LogP contribution in [0.3, 0.4) is 0 Å². The Labute approximate surface area is 109 Å². The monoisotopic (exact) mass is 264 g/mol. The molecule has 1 fully saturated rings. The first-order chi connectivity index (χ1) is 9.13. The second-order valence-electron chi connectivity index (χ2n) is 4.95. The summed E-state index contributed by atoms with van der Waals surface area (Å²) in [6.07, 6.45) is 1.73. The second kappa shape index (κ2) is 4.44. The highest BCUT2D eigenvalue weighted by Gasteiger charge is 2.42. The Bertz CT molecular complexity index is 600. The van der Waals surface area contributed by atoms with E-state index < -0.39 is 12.2 Å². The molecule has 2 aromatic heterocycles. The van der Waals surface area contributed by atoms with Crippen molar-refractivity contribution >= 4 is 16.9 Å². The Kier molecular flexibility index (Phi) is 2.89. The molecule has 0 amide bonds. The Hall–Kier alpha value is -1.70. The van der Waals surface area contributed by atoms with Gasteiger partial charge in [-0.25, -0.2) is 9.97 Å². The van der Waals surface area contributed by atoms with E-state index in [2.05, 4.69) is 9.97 Å². The van der Waals surface area contributed by atoms with Crippen LogP contribution in [-0.2, 0) is 0 Å². The summed E-state index contributed by atoms with van der Waals surface area (Å²) in [5, 5.41) is 29.2. The first-order valence-corrected chi connectivity index (χ1v) is 6.17. The summed E-state index contributed by atoms with van der Waals surface area (Å²) in [7, 11) is 0. The number of fused-ring (bicyclic) bond motifs is 1. The molecule has 102 valence electrons. The van der Waals surface area contributed by atoms with E-state index in [4.69, 9.17) is 5.73 Å². The number of rotatable bonds is 2. The summed E-state index contributed by atoms with van der Waals surface area (Å²) in [6, 6.07) is 1.31. The van der Waals surface area contributed by atoms with Crippen molar-refractivity contribution in [1.29, 1.82) is 0 Å². The van der Waals surface area contributed by atoms with Gasteiger partial charge in [0.05, 0.1) is 24.2 Å². The number of aliphatic hydroxyl groups is 3. The summed E-state index contributed by atoms with van der Waals surface area (Å²) in [5.41, 5.74) is 7.50. The number of anilines is 1. The molecule has 0 radical (unpaired) electrons. The molecule has 7 heteroatoms. The topological polar surface area (TPSA) is 117 Å². The maximum Gasteiger partial charge on any atom is 0.162 e. The molecule has 4 atom stereocenters. The van der Waals surface area contributed by atoms with Crippen LogP contribution in [0.25, 0.3) is 11.2 Å². The van der Waals surface area contributed by atoms with Crippen LogP contribution in [0.1, 0.15) is 12.5 Å². The maximum atomic E-state index is 10.1. The summed E-state index contributed by atoms with van der Waals surface area (Å²) >= 11 is 0. The number of nitrogens with zero attached hydrogens (tertiary/aromatic N) is 3. The van der Waals surface area contributed by atoms with E-state index in [0.717, 1.165) is 0 Å². The number of hydrogen-bond acceptors (Lipinski definition) is 6. The third-order valence-corrected chi connectivity index (χ3v) is 3.86. The zero-order valence-electron chi connectivity index (χ0n) is 10.2. The quantitative estimate of drug-likeness (QED) is 0.569. The molecule has 1 aliphatic rings. The average molecular weight is 264 g/mol. The largest absolute Gasteiger partial charge is 0.397 e. The van der Waals surface area contributed by atoms with Crippen LogP contribution in [0, 0.1) is 5.92 Å². The minimum atomic E-state index is -0.946. The highest BCUT2D eigenvalue weighted by molar-refractivity contribution is 5.83. The van der Waals surface area contributed by atoms with Gasteiger partial charge in [-0.05, 0) is 12.5 Å². The van der Waals surface area contributed by atoms with E-state index in [1.165, 1.54) is 0 Å². The first kappa shape index (κ1) is 12.3. The molecule has 2 heterocycles. The molecule has 1 aliphatic carbocycles. The summed E-state index contributed by atoms with van der Waals surface area (Å²) < 4.78 is 1.72. The van der Waals surface area contributed by atoms with Gasteiger partial charge < -0.3 is 25.6 Å². The molecule has 7 nitrogen and oxygen atoms in total. The van der Waals surface area contributed by atoms with Crippen LogP contribution in [0.15, 0.2) is 18.6 Å². The van der Waals surface area contributed by atoms with Gasteiger partial charge in [0, 0.05) is 18.7 Å². The fourth-order valence-corrected chi connectivity index (χ4v) is 2.75. The predicted molar refractivity (Wildman–Crippen MR) is 68.2 cm³/mol. The fourth-order valence-electron chi connectivity index (χ4n) is 2.75. The molecule has 0 bridgehead atoms. The van der Waals surface area contributed by atoms with Crippen molar-refractivity contribution in [3.63, 3.8) is 0 Å². The van der Waals surface area contributed by atoms with Crippen molar-refractivity contribution in [2.75, 3.05) is 12.3 Å². The molecule has 2 aromatic rings. The van der Waals surface area contributed by atoms with Gasteiger partial charge >= 0.3 is 0 Å². The minimum absolute atomic E-state index is 0.156. The summed E-state index contributed by atoms with van der Waals surface area (Å²) in [5.74, 6) is -0.335. The lowest BCUT2D eigenvalue weighted by molar-refractivity contribution is -0.00370. The molecular weight excluding hydrogens is 248 g/mol. The van der Waals surface area contributed by atoms with Crippen molar-refractivity contribution in [2.24, 2.45) is 5.92 Å². The van der Waals surface area contributed by atoms with Crippen LogP contribution in [0.5, 0.6) is 0 Å². The van der Waals surface area contributed by atoms with Gasteiger partial charge in [0.2, 0.25) is 0 Å². The van der Waals surface area contributed by atoms with Crippen molar-refractivity contribution in [1.82, 2.24) is 14.5 Å². The number of aliphatic hydroxyl groups excluding tert-OH is 3. The molecule has 0 aromatic carbocycles. The van der Waals surface area contributed by atoms with Crippen LogP contribution in [0.4, 0.5) is 5.69 Å². The third kappa shape index (κ3) is 1.78. The van der Waals surface area contributed by atoms with Crippen molar-refractivity contribution in [3.05, 3.63) is 18.6 Å². The number of nitrogen functional groups attached to an aromatic ring is 1. The lowest BCUT2D eigenvalue weighted by atomic mass is 10.1. The standard InChI is InChI=1S/C12H16N4O3/c13-7-1-2-14-12-9(7)15-5-16(12)8-3-6(4-17)10(18)11(8)19/h1-2,5-6,8,10-11,17-19H,3-4H2,(H2,13,14)/t6-,8-,10-,11+/m1/s1.